The van der Waals surface area contributed by atoms with Crippen molar-refractivity contribution in [3.05, 3.63) is 0 Å². The number of carbonyl (C=O) groups excluding carboxylic acids is 2. The van der Waals surface area contributed by atoms with E-state index in [1.807, 2.05) is 34.6 Å². The molecule has 0 spiro atoms. The molecular weight excluding hydrogens is 192 g/mol. The number of rotatable bonds is 1. The molecule has 4 nitrogen and oxygen atoms in total. The SMILES string of the molecule is CC(C)C1C(=O)NNC(=O)C1C(C)(C)C. The zero-order chi connectivity index (χ0) is 11.8. The number of amides is 2. The lowest BCUT2D eigenvalue weighted by Crippen LogP contribution is -2.60. The Labute approximate surface area is 90.8 Å². The lowest BCUT2D eigenvalue weighted by atomic mass is 9.68. The second kappa shape index (κ2) is 3.83. The molecule has 1 heterocycles. The van der Waals surface area contributed by atoms with Crippen molar-refractivity contribution in [2.75, 3.05) is 0 Å². The first kappa shape index (κ1) is 12.0. The van der Waals surface area contributed by atoms with Gasteiger partial charge < -0.3 is 0 Å². The Morgan fingerprint density at radius 3 is 1.87 bits per heavy atom. The third-order valence-electron chi connectivity index (χ3n) is 2.90. The lowest BCUT2D eigenvalue weighted by Gasteiger charge is -2.40. The maximum atomic E-state index is 11.8. The molecule has 1 saturated heterocycles. The van der Waals surface area contributed by atoms with E-state index in [0.29, 0.717) is 0 Å². The molecule has 1 rings (SSSR count). The zero-order valence-corrected chi connectivity index (χ0v) is 10.0. The van der Waals surface area contributed by atoms with Crippen LogP contribution < -0.4 is 10.9 Å². The molecule has 2 N–H and O–H groups in total. The van der Waals surface area contributed by atoms with Gasteiger partial charge in [0.2, 0.25) is 11.8 Å². The van der Waals surface area contributed by atoms with Crippen LogP contribution in [0.5, 0.6) is 0 Å². The van der Waals surface area contributed by atoms with Crippen LogP contribution in [0.25, 0.3) is 0 Å². The standard InChI is InChI=1S/C11H20N2O2/c1-6(2)7-8(11(3,4)5)10(15)13-12-9(7)14/h6-8H,1-5H3,(H,12,14)(H,13,15). The predicted octanol–water partition coefficient (Wildman–Crippen LogP) is 1.08. The Hall–Kier alpha value is -1.06. The molecule has 1 aliphatic rings. The number of nitrogens with one attached hydrogen (secondary N) is 2. The van der Waals surface area contributed by atoms with Crippen molar-refractivity contribution < 1.29 is 9.59 Å². The maximum absolute atomic E-state index is 11.8. The highest BCUT2D eigenvalue weighted by molar-refractivity contribution is 5.93. The molecule has 0 aromatic carbocycles. The van der Waals surface area contributed by atoms with E-state index in [2.05, 4.69) is 10.9 Å². The highest BCUT2D eigenvalue weighted by Gasteiger charge is 2.45. The molecule has 2 atom stereocenters. The van der Waals surface area contributed by atoms with Gasteiger partial charge in [-0.2, -0.15) is 0 Å². The Morgan fingerprint density at radius 2 is 1.53 bits per heavy atom. The van der Waals surface area contributed by atoms with Crippen LogP contribution in [0.4, 0.5) is 0 Å². The molecule has 0 aromatic rings. The van der Waals surface area contributed by atoms with Crippen molar-refractivity contribution in [2.24, 2.45) is 23.2 Å². The van der Waals surface area contributed by atoms with Gasteiger partial charge in [0.05, 0.1) is 11.8 Å². The molecule has 86 valence electrons. The van der Waals surface area contributed by atoms with Gasteiger partial charge in [0, 0.05) is 0 Å². The smallest absolute Gasteiger partial charge is 0.242 e. The molecule has 0 aromatic heterocycles. The quantitative estimate of drug-likeness (QED) is 0.683. The molecule has 1 fully saturated rings. The van der Waals surface area contributed by atoms with Crippen molar-refractivity contribution in [3.63, 3.8) is 0 Å². The average Bonchev–Trinajstić information content (AvgIpc) is 2.05. The summed E-state index contributed by atoms with van der Waals surface area (Å²) in [6.45, 7) is 9.92. The van der Waals surface area contributed by atoms with E-state index in [1.165, 1.54) is 0 Å². The van der Waals surface area contributed by atoms with E-state index in [0.717, 1.165) is 0 Å². The van der Waals surface area contributed by atoms with E-state index in [-0.39, 0.29) is 35.0 Å². The summed E-state index contributed by atoms with van der Waals surface area (Å²) < 4.78 is 0. The summed E-state index contributed by atoms with van der Waals surface area (Å²) in [5.41, 5.74) is 4.66. The van der Waals surface area contributed by atoms with Crippen molar-refractivity contribution in [3.8, 4) is 0 Å². The fourth-order valence-corrected chi connectivity index (χ4v) is 2.22. The molecule has 0 saturated carbocycles. The highest BCUT2D eigenvalue weighted by Crippen LogP contribution is 2.37. The first-order valence-corrected chi connectivity index (χ1v) is 5.35. The molecule has 0 aliphatic carbocycles. The lowest BCUT2D eigenvalue weighted by molar-refractivity contribution is -0.149. The molecule has 15 heavy (non-hydrogen) atoms. The third kappa shape index (κ3) is 2.30. The Morgan fingerprint density at radius 1 is 1.07 bits per heavy atom. The van der Waals surface area contributed by atoms with Crippen LogP contribution in [0.3, 0.4) is 0 Å². The molecule has 4 heteroatoms. The first-order chi connectivity index (χ1) is 6.75. The largest absolute Gasteiger partial charge is 0.273 e. The van der Waals surface area contributed by atoms with Crippen LogP contribution in [0, 0.1) is 23.2 Å². The molecule has 1 aliphatic heterocycles. The Kier molecular flexibility index (Phi) is 3.07. The van der Waals surface area contributed by atoms with Crippen molar-refractivity contribution in [2.45, 2.75) is 34.6 Å². The van der Waals surface area contributed by atoms with Crippen LogP contribution in [0.1, 0.15) is 34.6 Å². The maximum Gasteiger partial charge on any atom is 0.242 e. The molecule has 0 radical (unpaired) electrons. The normalized spacial score (nSPS) is 27.6. The van der Waals surface area contributed by atoms with Crippen molar-refractivity contribution in [1.82, 2.24) is 10.9 Å². The van der Waals surface area contributed by atoms with E-state index < -0.39 is 0 Å². The van der Waals surface area contributed by atoms with Gasteiger partial charge in [0.15, 0.2) is 0 Å². The summed E-state index contributed by atoms with van der Waals surface area (Å²) in [5.74, 6) is -0.490. The van der Waals surface area contributed by atoms with Gasteiger partial charge in [-0.15, -0.1) is 0 Å². The van der Waals surface area contributed by atoms with Crippen molar-refractivity contribution >= 4 is 11.8 Å². The van der Waals surface area contributed by atoms with Crippen LogP contribution in [-0.4, -0.2) is 11.8 Å². The Bertz CT molecular complexity index is 279. The molecule has 0 bridgehead atoms. The second-order valence-corrected chi connectivity index (χ2v) is 5.59. The van der Waals surface area contributed by atoms with Crippen LogP contribution in [-0.2, 0) is 9.59 Å². The summed E-state index contributed by atoms with van der Waals surface area (Å²) in [4.78, 5) is 23.5. The van der Waals surface area contributed by atoms with Crippen LogP contribution >= 0.6 is 0 Å². The minimum absolute atomic E-state index is 0.0791. The van der Waals surface area contributed by atoms with Crippen molar-refractivity contribution in [1.29, 1.82) is 0 Å². The summed E-state index contributed by atoms with van der Waals surface area (Å²) >= 11 is 0. The second-order valence-electron chi connectivity index (χ2n) is 5.59. The number of hydrogen-bond acceptors (Lipinski definition) is 2. The fourth-order valence-electron chi connectivity index (χ4n) is 2.22. The van der Waals surface area contributed by atoms with Gasteiger partial charge in [-0.1, -0.05) is 34.6 Å². The zero-order valence-electron chi connectivity index (χ0n) is 10.0. The van der Waals surface area contributed by atoms with Gasteiger partial charge in [-0.25, -0.2) is 0 Å². The number of carbonyl (C=O) groups is 2. The topological polar surface area (TPSA) is 58.2 Å². The third-order valence-corrected chi connectivity index (χ3v) is 2.90. The number of hydrazine groups is 1. The predicted molar refractivity (Wildman–Crippen MR) is 57.6 cm³/mol. The Balaban J connectivity index is 3.04. The summed E-state index contributed by atoms with van der Waals surface area (Å²) in [6, 6.07) is 0. The van der Waals surface area contributed by atoms with E-state index in [1.54, 1.807) is 0 Å². The molecule has 2 amide bonds. The van der Waals surface area contributed by atoms with Gasteiger partial charge in [-0.05, 0) is 11.3 Å². The monoisotopic (exact) mass is 212 g/mol. The van der Waals surface area contributed by atoms with E-state index >= 15 is 0 Å². The van der Waals surface area contributed by atoms with Gasteiger partial charge in [0.25, 0.3) is 0 Å². The van der Waals surface area contributed by atoms with Gasteiger partial charge in [0.1, 0.15) is 0 Å². The minimum atomic E-state index is -0.258. The van der Waals surface area contributed by atoms with Gasteiger partial charge in [-0.3, -0.25) is 20.4 Å². The molecular formula is C11H20N2O2. The average molecular weight is 212 g/mol. The number of hydrogen-bond donors (Lipinski definition) is 2. The van der Waals surface area contributed by atoms with E-state index in [9.17, 15) is 9.59 Å². The van der Waals surface area contributed by atoms with Crippen LogP contribution in [0.15, 0.2) is 0 Å². The summed E-state index contributed by atoms with van der Waals surface area (Å²) in [7, 11) is 0. The minimum Gasteiger partial charge on any atom is -0.273 e. The van der Waals surface area contributed by atoms with Gasteiger partial charge >= 0.3 is 0 Å². The summed E-state index contributed by atoms with van der Waals surface area (Å²) in [6.07, 6.45) is 0. The fraction of sp³-hybridized carbons (Fsp3) is 0.818. The van der Waals surface area contributed by atoms with E-state index in [4.69, 9.17) is 0 Å². The van der Waals surface area contributed by atoms with Crippen LogP contribution in [0.2, 0.25) is 0 Å². The summed E-state index contributed by atoms with van der Waals surface area (Å²) in [5, 5.41) is 0. The molecule has 2 unspecified atom stereocenters. The highest BCUT2D eigenvalue weighted by atomic mass is 16.2. The first-order valence-electron chi connectivity index (χ1n) is 5.35.